The number of rotatable bonds is 12. The minimum Gasteiger partial charge on any atom is -0.368 e. The van der Waals surface area contributed by atoms with Crippen LogP contribution in [0.5, 0.6) is 0 Å². The van der Waals surface area contributed by atoms with Gasteiger partial charge in [0.1, 0.15) is 11.6 Å². The number of unbranched alkanes of at least 4 members (excludes halogenated alkanes) is 10. The van der Waals surface area contributed by atoms with Crippen LogP contribution in [0.2, 0.25) is 0 Å². The van der Waals surface area contributed by atoms with E-state index in [1.165, 1.54) is 88.2 Å². The van der Waals surface area contributed by atoms with Crippen LogP contribution in [0, 0.1) is 0 Å². The van der Waals surface area contributed by atoms with Crippen molar-refractivity contribution in [1.29, 1.82) is 0 Å². The van der Waals surface area contributed by atoms with Crippen LogP contribution in [0.1, 0.15) is 116 Å². The second-order valence-corrected chi connectivity index (χ2v) is 11.5. The van der Waals surface area contributed by atoms with Gasteiger partial charge in [-0.3, -0.25) is 0 Å². The molecule has 6 heteroatoms. The molecule has 0 atom stereocenters. The van der Waals surface area contributed by atoms with E-state index in [4.69, 9.17) is 5.73 Å². The van der Waals surface area contributed by atoms with Crippen molar-refractivity contribution < 1.29 is 0 Å². The zero-order valence-corrected chi connectivity index (χ0v) is 26.6. The Bertz CT molecular complexity index is 885. The summed E-state index contributed by atoms with van der Waals surface area (Å²) in [4.78, 5) is 15.9. The smallest absolute Gasteiger partial charge is 0.223 e. The number of benzene rings is 1. The Hall–Kier alpha value is -2.34. The van der Waals surface area contributed by atoms with E-state index < -0.39 is 0 Å². The molecule has 226 valence electrons. The highest BCUT2D eigenvalue weighted by Crippen LogP contribution is 2.26. The van der Waals surface area contributed by atoms with Gasteiger partial charge in [0.25, 0.3) is 0 Å². The van der Waals surface area contributed by atoms with E-state index in [1.54, 1.807) is 0 Å². The van der Waals surface area contributed by atoms with Gasteiger partial charge in [-0.05, 0) is 24.6 Å². The zero-order valence-electron chi connectivity index (χ0n) is 26.6. The van der Waals surface area contributed by atoms with Crippen molar-refractivity contribution in [2.24, 2.45) is 0 Å². The first-order valence-corrected chi connectivity index (χ1v) is 16.4. The Kier molecular flexibility index (Phi) is 17.4. The molecule has 1 fully saturated rings. The third kappa shape index (κ3) is 12.9. The zero-order chi connectivity index (χ0) is 29.0. The number of fused-ring (bicyclic) bond motifs is 1. The third-order valence-corrected chi connectivity index (χ3v) is 7.91. The molecule has 2 aromatic rings. The molecule has 2 aliphatic heterocycles. The van der Waals surface area contributed by atoms with Gasteiger partial charge in [-0.1, -0.05) is 129 Å². The van der Waals surface area contributed by atoms with Crippen molar-refractivity contribution in [2.45, 2.75) is 118 Å². The summed E-state index contributed by atoms with van der Waals surface area (Å²) in [7, 11) is 2.16. The van der Waals surface area contributed by atoms with Gasteiger partial charge in [0.05, 0.1) is 0 Å². The fraction of sp³-hybridized carbons (Fsp3) is 0.706. The van der Waals surface area contributed by atoms with Crippen molar-refractivity contribution >= 4 is 17.6 Å². The Morgan fingerprint density at radius 3 is 1.60 bits per heavy atom. The Labute approximate surface area is 246 Å². The van der Waals surface area contributed by atoms with Crippen LogP contribution >= 0.6 is 0 Å². The molecule has 2 N–H and O–H groups in total. The number of hydrogen-bond donors (Lipinski definition) is 1. The van der Waals surface area contributed by atoms with E-state index in [0.29, 0.717) is 5.95 Å². The van der Waals surface area contributed by atoms with Crippen LogP contribution in [0.15, 0.2) is 30.3 Å². The Balaban J connectivity index is 0.000000290. The lowest BCUT2D eigenvalue weighted by Crippen LogP contribution is -2.45. The van der Waals surface area contributed by atoms with Crippen molar-refractivity contribution in [2.75, 3.05) is 55.3 Å². The molecule has 2 aliphatic rings. The van der Waals surface area contributed by atoms with Gasteiger partial charge < -0.3 is 20.4 Å². The highest BCUT2D eigenvalue weighted by molar-refractivity contribution is 5.55. The van der Waals surface area contributed by atoms with Gasteiger partial charge in [-0.25, -0.2) is 0 Å². The van der Waals surface area contributed by atoms with Gasteiger partial charge >= 0.3 is 0 Å². The van der Waals surface area contributed by atoms with E-state index in [0.717, 1.165) is 57.3 Å². The predicted molar refractivity (Wildman–Crippen MR) is 175 cm³/mol. The van der Waals surface area contributed by atoms with Crippen molar-refractivity contribution in [1.82, 2.24) is 14.9 Å². The van der Waals surface area contributed by atoms with Gasteiger partial charge in [0, 0.05) is 45.3 Å². The van der Waals surface area contributed by atoms with Crippen molar-refractivity contribution in [3.05, 3.63) is 41.5 Å². The highest BCUT2D eigenvalue weighted by atomic mass is 15.3. The molecule has 3 heterocycles. The molecule has 1 aromatic heterocycles. The average Bonchev–Trinajstić information content (AvgIpc) is 2.98. The molecule has 0 spiro atoms. The first-order chi connectivity index (χ1) is 19.5. The highest BCUT2D eigenvalue weighted by Gasteiger charge is 2.21. The quantitative estimate of drug-likeness (QED) is 0.268. The Morgan fingerprint density at radius 2 is 1.10 bits per heavy atom. The number of aromatic nitrogens is 2. The fourth-order valence-electron chi connectivity index (χ4n) is 5.20. The van der Waals surface area contributed by atoms with Crippen LogP contribution < -0.4 is 15.5 Å². The van der Waals surface area contributed by atoms with Gasteiger partial charge in [-0.2, -0.15) is 9.97 Å². The van der Waals surface area contributed by atoms with E-state index in [1.807, 2.05) is 0 Å². The maximum Gasteiger partial charge on any atom is 0.223 e. The van der Waals surface area contributed by atoms with Gasteiger partial charge in [0.2, 0.25) is 5.95 Å². The first kappa shape index (κ1) is 33.9. The number of nitrogen functional groups attached to an aromatic ring is 1. The average molecular weight is 553 g/mol. The summed E-state index contributed by atoms with van der Waals surface area (Å²) in [6, 6.07) is 10.7. The van der Waals surface area contributed by atoms with E-state index in [9.17, 15) is 0 Å². The molecule has 0 saturated carbocycles. The number of likely N-dealkylation sites (N-methyl/N-ethyl adjacent to an activating group) is 1. The molecule has 0 unspecified atom stereocenters. The Morgan fingerprint density at radius 1 is 0.625 bits per heavy atom. The topological polar surface area (TPSA) is 61.5 Å². The number of nitrogens with zero attached hydrogens (tertiary/aromatic N) is 5. The minimum absolute atomic E-state index is 0.361. The van der Waals surface area contributed by atoms with Crippen LogP contribution in [-0.4, -0.2) is 54.6 Å². The number of hydrogen-bond acceptors (Lipinski definition) is 6. The summed E-state index contributed by atoms with van der Waals surface area (Å²) in [5, 5.41) is 0. The van der Waals surface area contributed by atoms with Gasteiger partial charge in [-0.15, -0.1) is 0 Å². The normalized spacial score (nSPS) is 15.0. The van der Waals surface area contributed by atoms with E-state index >= 15 is 0 Å². The molecular formula is C34H60N6. The fourth-order valence-corrected chi connectivity index (χ4v) is 5.20. The SMILES string of the molecule is CCCCCCCC.CCCCCCCC.CN1CCN(c2cc(N3CCc4ccccc4C3)nc(N)n2)CC1. The largest absolute Gasteiger partial charge is 0.368 e. The second kappa shape index (κ2) is 20.5. The summed E-state index contributed by atoms with van der Waals surface area (Å²) in [5.74, 6) is 2.25. The number of piperazine rings is 1. The molecule has 0 amide bonds. The maximum absolute atomic E-state index is 6.01. The van der Waals surface area contributed by atoms with Crippen molar-refractivity contribution in [3.63, 3.8) is 0 Å². The van der Waals surface area contributed by atoms with Crippen LogP contribution in [0.4, 0.5) is 17.6 Å². The predicted octanol–water partition coefficient (Wildman–Crippen LogP) is 8.11. The minimum atomic E-state index is 0.361. The monoisotopic (exact) mass is 552 g/mol. The van der Waals surface area contributed by atoms with E-state index in [2.05, 4.69) is 89.7 Å². The molecule has 6 nitrogen and oxygen atoms in total. The molecule has 0 aliphatic carbocycles. The van der Waals surface area contributed by atoms with Gasteiger partial charge in [0.15, 0.2) is 0 Å². The molecule has 40 heavy (non-hydrogen) atoms. The molecular weight excluding hydrogens is 492 g/mol. The van der Waals surface area contributed by atoms with Crippen LogP contribution in [0.25, 0.3) is 0 Å². The summed E-state index contributed by atoms with van der Waals surface area (Å²) in [6.07, 6.45) is 18.0. The lowest BCUT2D eigenvalue weighted by molar-refractivity contribution is 0.312. The standard InChI is InChI=1S/C18H24N6.2C8H18/c1-22-8-10-23(11-9-22)16-12-17(21-18(19)20-16)24-7-6-14-4-2-3-5-15(14)13-24;2*1-3-5-7-8-6-4-2/h2-5,12H,6-11,13H2,1H3,(H2,19,20,21);2*3-8H2,1-2H3. The second-order valence-electron chi connectivity index (χ2n) is 11.5. The summed E-state index contributed by atoms with van der Waals surface area (Å²) < 4.78 is 0. The number of nitrogens with two attached hydrogens (primary N) is 1. The maximum atomic E-state index is 6.01. The van der Waals surface area contributed by atoms with Crippen molar-refractivity contribution in [3.8, 4) is 0 Å². The first-order valence-electron chi connectivity index (χ1n) is 16.4. The summed E-state index contributed by atoms with van der Waals surface area (Å²) in [5.41, 5.74) is 8.83. The lowest BCUT2D eigenvalue weighted by Gasteiger charge is -2.34. The lowest BCUT2D eigenvalue weighted by atomic mass is 10.00. The molecule has 4 rings (SSSR count). The van der Waals surface area contributed by atoms with E-state index in [-0.39, 0.29) is 0 Å². The number of anilines is 3. The molecule has 0 radical (unpaired) electrons. The molecule has 1 aromatic carbocycles. The van der Waals surface area contributed by atoms with Crippen LogP contribution in [0.3, 0.4) is 0 Å². The summed E-state index contributed by atoms with van der Waals surface area (Å²) in [6.45, 7) is 14.9. The molecule has 1 saturated heterocycles. The van der Waals surface area contributed by atoms with Crippen LogP contribution in [-0.2, 0) is 13.0 Å². The molecule has 0 bridgehead atoms. The summed E-state index contributed by atoms with van der Waals surface area (Å²) >= 11 is 0. The third-order valence-electron chi connectivity index (χ3n) is 7.91.